The number of morpholine rings is 1. The van der Waals surface area contributed by atoms with Crippen LogP contribution in [0.4, 0.5) is 16.2 Å². The number of amides is 4. The lowest BCUT2D eigenvalue weighted by Gasteiger charge is -2.43. The highest BCUT2D eigenvalue weighted by molar-refractivity contribution is 6.30. The largest absolute Gasteiger partial charge is 0.420 e. The molecule has 2 heterocycles. The fourth-order valence-corrected chi connectivity index (χ4v) is 5.08. The standard InChI is InChI=1S/C22H23ClN4O4/c23-16-4-8-18(9-5-16)27(21(25)30)12-1-10-22(27,20(24)29)15-2-6-17(7-3-15)26-11-13-31-14-19(26)28/h2-9H,1,10-14H2,(H3-,24,25,29,30)/p+1/t22-,27?/m1/s1. The molecule has 2 atom stereocenters. The molecular formula is C22H24ClN4O4+. The van der Waals surface area contributed by atoms with Crippen molar-refractivity contribution in [2.75, 3.05) is 31.2 Å². The van der Waals surface area contributed by atoms with E-state index in [4.69, 9.17) is 27.8 Å². The van der Waals surface area contributed by atoms with Crippen LogP contribution < -0.4 is 20.9 Å². The fraction of sp³-hybridized carbons (Fsp3) is 0.318. The maximum Gasteiger partial charge on any atom is 0.420 e. The van der Waals surface area contributed by atoms with Crippen LogP contribution in [-0.4, -0.2) is 44.1 Å². The van der Waals surface area contributed by atoms with E-state index in [0.29, 0.717) is 54.5 Å². The van der Waals surface area contributed by atoms with Gasteiger partial charge in [0.05, 0.1) is 13.2 Å². The van der Waals surface area contributed by atoms with Crippen molar-refractivity contribution in [1.29, 1.82) is 0 Å². The van der Waals surface area contributed by atoms with E-state index in [0.717, 1.165) is 0 Å². The monoisotopic (exact) mass is 443 g/mol. The van der Waals surface area contributed by atoms with Crippen molar-refractivity contribution in [3.05, 3.63) is 59.1 Å². The Balaban J connectivity index is 1.84. The third kappa shape index (κ3) is 3.18. The summed E-state index contributed by atoms with van der Waals surface area (Å²) in [6.45, 7) is 1.27. The van der Waals surface area contributed by atoms with Crippen molar-refractivity contribution in [3.63, 3.8) is 0 Å². The molecule has 8 nitrogen and oxygen atoms in total. The van der Waals surface area contributed by atoms with Crippen LogP contribution in [0.1, 0.15) is 18.4 Å². The Hall–Kier alpha value is -2.94. The Labute approximate surface area is 184 Å². The molecule has 2 saturated heterocycles. The zero-order valence-electron chi connectivity index (χ0n) is 16.9. The summed E-state index contributed by atoms with van der Waals surface area (Å²) in [6, 6.07) is 13.1. The number of benzene rings is 2. The molecule has 2 aliphatic rings. The first-order chi connectivity index (χ1) is 14.8. The van der Waals surface area contributed by atoms with Gasteiger partial charge in [-0.1, -0.05) is 23.7 Å². The van der Waals surface area contributed by atoms with Crippen LogP contribution in [0.5, 0.6) is 0 Å². The second-order valence-electron chi connectivity index (χ2n) is 7.82. The Morgan fingerprint density at radius 1 is 1.06 bits per heavy atom. The smallest absolute Gasteiger partial charge is 0.370 e. The number of urea groups is 1. The zero-order chi connectivity index (χ0) is 22.2. The van der Waals surface area contributed by atoms with Crippen molar-refractivity contribution >= 4 is 40.8 Å². The summed E-state index contributed by atoms with van der Waals surface area (Å²) >= 11 is 6.04. The van der Waals surface area contributed by atoms with Crippen LogP contribution in [0.25, 0.3) is 0 Å². The molecular weight excluding hydrogens is 420 g/mol. The summed E-state index contributed by atoms with van der Waals surface area (Å²) in [5, 5.41) is 0.509. The Morgan fingerprint density at radius 2 is 1.74 bits per heavy atom. The number of nitrogens with zero attached hydrogens (tertiary/aromatic N) is 2. The van der Waals surface area contributed by atoms with Gasteiger partial charge in [-0.15, -0.1) is 0 Å². The average Bonchev–Trinajstić information content (AvgIpc) is 3.17. The van der Waals surface area contributed by atoms with Crippen LogP contribution in [0.2, 0.25) is 5.02 Å². The number of hydrogen-bond acceptors (Lipinski definition) is 4. The Bertz CT molecular complexity index is 1030. The number of halogens is 1. The predicted molar refractivity (Wildman–Crippen MR) is 117 cm³/mol. The van der Waals surface area contributed by atoms with Crippen molar-refractivity contribution < 1.29 is 19.1 Å². The molecule has 9 heteroatoms. The SMILES string of the molecule is NC(=O)[C@]1(c2ccc(N3CCOCC3=O)cc2)CCC[N+]1(C(N)=O)c1ccc(Cl)cc1. The predicted octanol–water partition coefficient (Wildman–Crippen LogP) is 2.26. The molecule has 4 rings (SSSR count). The first kappa shape index (κ1) is 21.3. The molecule has 162 valence electrons. The number of primary amides is 2. The highest BCUT2D eigenvalue weighted by Crippen LogP contribution is 2.49. The minimum Gasteiger partial charge on any atom is -0.370 e. The molecule has 4 amide bonds. The zero-order valence-corrected chi connectivity index (χ0v) is 17.7. The molecule has 2 aromatic rings. The second kappa shape index (κ2) is 7.96. The normalized spacial score (nSPS) is 26.1. The minimum absolute atomic E-state index is 0.0330. The van der Waals surface area contributed by atoms with Gasteiger partial charge in [0.15, 0.2) is 0 Å². The molecule has 0 radical (unpaired) electrons. The van der Waals surface area contributed by atoms with E-state index in [2.05, 4.69) is 0 Å². The molecule has 2 aliphatic heterocycles. The van der Waals surface area contributed by atoms with Crippen molar-refractivity contribution in [1.82, 2.24) is 4.48 Å². The van der Waals surface area contributed by atoms with Crippen LogP contribution >= 0.6 is 11.6 Å². The number of carbonyl (C=O) groups is 3. The highest BCUT2D eigenvalue weighted by Gasteiger charge is 2.65. The van der Waals surface area contributed by atoms with E-state index in [9.17, 15) is 14.4 Å². The van der Waals surface area contributed by atoms with E-state index in [1.165, 1.54) is 0 Å². The van der Waals surface area contributed by atoms with Gasteiger partial charge in [0.2, 0.25) is 5.54 Å². The lowest BCUT2D eigenvalue weighted by Crippen LogP contribution is -2.70. The van der Waals surface area contributed by atoms with Crippen molar-refractivity contribution in [3.8, 4) is 0 Å². The third-order valence-corrected chi connectivity index (χ3v) is 6.63. The summed E-state index contributed by atoms with van der Waals surface area (Å²) in [5.41, 5.74) is 12.4. The molecule has 0 bridgehead atoms. The molecule has 2 fully saturated rings. The van der Waals surface area contributed by atoms with E-state index in [-0.39, 0.29) is 12.5 Å². The van der Waals surface area contributed by atoms with E-state index in [1.807, 2.05) is 0 Å². The number of nitrogens with two attached hydrogens (primary N) is 2. The van der Waals surface area contributed by atoms with Crippen LogP contribution in [0.15, 0.2) is 48.5 Å². The van der Waals surface area contributed by atoms with Gasteiger partial charge in [0.25, 0.3) is 11.8 Å². The van der Waals surface area contributed by atoms with Gasteiger partial charge >= 0.3 is 6.03 Å². The first-order valence-electron chi connectivity index (χ1n) is 10.1. The van der Waals surface area contributed by atoms with Crippen LogP contribution in [0, 0.1) is 0 Å². The number of likely N-dealkylation sites (tertiary alicyclic amines) is 1. The van der Waals surface area contributed by atoms with E-state index >= 15 is 0 Å². The molecule has 31 heavy (non-hydrogen) atoms. The van der Waals surface area contributed by atoms with Gasteiger partial charge < -0.3 is 21.1 Å². The fourth-order valence-electron chi connectivity index (χ4n) is 4.95. The van der Waals surface area contributed by atoms with E-state index in [1.54, 1.807) is 53.4 Å². The average molecular weight is 444 g/mol. The summed E-state index contributed by atoms with van der Waals surface area (Å²) in [7, 11) is 0. The number of rotatable bonds is 4. The number of anilines is 1. The summed E-state index contributed by atoms with van der Waals surface area (Å²) in [5.74, 6) is -0.762. The number of quaternary nitrogens is 1. The molecule has 0 spiro atoms. The highest BCUT2D eigenvalue weighted by atomic mass is 35.5. The topological polar surface area (TPSA) is 116 Å². The molecule has 2 aromatic carbocycles. The maximum absolute atomic E-state index is 13.0. The van der Waals surface area contributed by atoms with Gasteiger partial charge in [-0.05, 0) is 24.3 Å². The number of ether oxygens (including phenoxy) is 1. The number of carbonyl (C=O) groups excluding carboxylic acids is 3. The molecule has 4 N–H and O–H groups in total. The lowest BCUT2D eigenvalue weighted by atomic mass is 9.83. The first-order valence-corrected chi connectivity index (χ1v) is 10.4. The van der Waals surface area contributed by atoms with Gasteiger partial charge in [-0.2, -0.15) is 4.48 Å². The summed E-state index contributed by atoms with van der Waals surface area (Å²) in [4.78, 5) is 39.8. The summed E-state index contributed by atoms with van der Waals surface area (Å²) in [6.07, 6.45) is 0.946. The summed E-state index contributed by atoms with van der Waals surface area (Å²) < 4.78 is 4.77. The lowest BCUT2D eigenvalue weighted by molar-refractivity contribution is -0.127. The molecule has 0 aliphatic carbocycles. The third-order valence-electron chi connectivity index (χ3n) is 6.38. The van der Waals surface area contributed by atoms with Crippen molar-refractivity contribution in [2.45, 2.75) is 18.4 Å². The Morgan fingerprint density at radius 3 is 2.32 bits per heavy atom. The molecule has 1 unspecified atom stereocenters. The van der Waals surface area contributed by atoms with Crippen LogP contribution in [-0.2, 0) is 19.9 Å². The van der Waals surface area contributed by atoms with Crippen LogP contribution in [0.3, 0.4) is 0 Å². The second-order valence-corrected chi connectivity index (χ2v) is 8.26. The molecule has 0 saturated carbocycles. The Kier molecular flexibility index (Phi) is 5.47. The number of hydrogen-bond donors (Lipinski definition) is 2. The quantitative estimate of drug-likeness (QED) is 0.705. The minimum atomic E-state index is -1.37. The van der Waals surface area contributed by atoms with Crippen molar-refractivity contribution in [2.24, 2.45) is 11.5 Å². The van der Waals surface area contributed by atoms with E-state index < -0.39 is 22.0 Å². The van der Waals surface area contributed by atoms with Gasteiger partial charge in [0, 0.05) is 47.8 Å². The van der Waals surface area contributed by atoms with Gasteiger partial charge in [-0.25, -0.2) is 4.79 Å². The van der Waals surface area contributed by atoms with Gasteiger partial charge in [0.1, 0.15) is 12.3 Å². The van der Waals surface area contributed by atoms with Gasteiger partial charge in [-0.3, -0.25) is 9.59 Å². The molecule has 0 aromatic heterocycles. The maximum atomic E-state index is 13.0.